The molecule has 0 unspecified atom stereocenters. The quantitative estimate of drug-likeness (QED) is 0.793. The summed E-state index contributed by atoms with van der Waals surface area (Å²) in [6.45, 7) is 3.99. The van der Waals surface area contributed by atoms with Gasteiger partial charge < -0.3 is 10.4 Å². The molecule has 1 aliphatic carbocycles. The topological polar surface area (TPSA) is 88.0 Å². The maximum Gasteiger partial charge on any atom is 0.329 e. The molecule has 1 aliphatic rings. The highest BCUT2D eigenvalue weighted by atomic mass is 16.4. The van der Waals surface area contributed by atoms with Crippen molar-refractivity contribution in [3.8, 4) is 0 Å². The Labute approximate surface area is 99.5 Å². The molecule has 0 spiro atoms. The molecular weight excluding hydrogens is 220 g/mol. The number of aromatic nitrogens is 3. The number of rotatable bonds is 5. The number of aliphatic carboxylic acids is 1. The van der Waals surface area contributed by atoms with Crippen LogP contribution in [0.15, 0.2) is 0 Å². The van der Waals surface area contributed by atoms with Crippen LogP contribution in [-0.2, 0) is 17.6 Å². The number of nitrogens with one attached hydrogen (secondary N) is 1. The van der Waals surface area contributed by atoms with Gasteiger partial charge in [-0.05, 0) is 25.7 Å². The minimum Gasteiger partial charge on any atom is -0.480 e. The molecule has 6 nitrogen and oxygen atoms in total. The van der Waals surface area contributed by atoms with Gasteiger partial charge in [0.25, 0.3) is 0 Å². The molecule has 0 bridgehead atoms. The Kier molecular flexibility index (Phi) is 2.95. The van der Waals surface area contributed by atoms with E-state index in [9.17, 15) is 4.79 Å². The first-order chi connectivity index (χ1) is 8.11. The maximum absolute atomic E-state index is 11.0. The molecule has 1 aromatic rings. The molecular formula is C11H16N4O2. The van der Waals surface area contributed by atoms with E-state index in [4.69, 9.17) is 5.11 Å². The number of aryl methyl sites for hydroxylation is 2. The fourth-order valence-electron chi connectivity index (χ4n) is 1.72. The first kappa shape index (κ1) is 11.8. The van der Waals surface area contributed by atoms with Crippen LogP contribution >= 0.6 is 0 Å². The van der Waals surface area contributed by atoms with Crippen LogP contribution in [0.3, 0.4) is 0 Å². The molecule has 0 aromatic carbocycles. The van der Waals surface area contributed by atoms with Gasteiger partial charge in [0.2, 0.25) is 5.95 Å². The molecule has 92 valence electrons. The first-order valence-electron chi connectivity index (χ1n) is 5.85. The Balaban J connectivity index is 2.20. The second kappa shape index (κ2) is 4.27. The van der Waals surface area contributed by atoms with Crippen LogP contribution in [0.1, 0.15) is 38.1 Å². The van der Waals surface area contributed by atoms with Crippen LogP contribution in [0.5, 0.6) is 0 Å². The van der Waals surface area contributed by atoms with Crippen LogP contribution in [0.2, 0.25) is 0 Å². The number of carboxylic acids is 1. The van der Waals surface area contributed by atoms with E-state index in [0.29, 0.717) is 18.8 Å². The predicted molar refractivity (Wildman–Crippen MR) is 61.8 cm³/mol. The summed E-state index contributed by atoms with van der Waals surface area (Å²) >= 11 is 0. The standard InChI is InChI=1S/C11H16N4O2/c1-3-7-8(4-2)14-15-10(12-7)13-11(5-6-11)9(16)17/h3-6H2,1-2H3,(H,16,17)(H,12,13,15). The summed E-state index contributed by atoms with van der Waals surface area (Å²) in [5.41, 5.74) is 0.893. The van der Waals surface area contributed by atoms with Crippen LogP contribution in [0.4, 0.5) is 5.95 Å². The molecule has 2 N–H and O–H groups in total. The monoisotopic (exact) mass is 236 g/mol. The fraction of sp³-hybridized carbons (Fsp3) is 0.636. The molecule has 1 fully saturated rings. The van der Waals surface area contributed by atoms with E-state index in [2.05, 4.69) is 20.5 Å². The van der Waals surface area contributed by atoms with Gasteiger partial charge in [0.15, 0.2) is 0 Å². The average molecular weight is 236 g/mol. The van der Waals surface area contributed by atoms with Gasteiger partial charge in [-0.1, -0.05) is 13.8 Å². The number of hydrogen-bond donors (Lipinski definition) is 2. The van der Waals surface area contributed by atoms with Gasteiger partial charge in [-0.2, -0.15) is 5.10 Å². The molecule has 1 saturated carbocycles. The number of carbonyl (C=O) groups is 1. The summed E-state index contributed by atoms with van der Waals surface area (Å²) in [7, 11) is 0. The Morgan fingerprint density at radius 1 is 1.29 bits per heavy atom. The lowest BCUT2D eigenvalue weighted by Gasteiger charge is -2.13. The normalized spacial score (nSPS) is 16.6. The van der Waals surface area contributed by atoms with Crippen LogP contribution in [0.25, 0.3) is 0 Å². The van der Waals surface area contributed by atoms with Crippen molar-refractivity contribution < 1.29 is 9.90 Å². The zero-order valence-corrected chi connectivity index (χ0v) is 10.0. The third-order valence-corrected chi connectivity index (χ3v) is 3.02. The van der Waals surface area contributed by atoms with Gasteiger partial charge >= 0.3 is 5.97 Å². The fourth-order valence-corrected chi connectivity index (χ4v) is 1.72. The van der Waals surface area contributed by atoms with Gasteiger partial charge in [-0.3, -0.25) is 0 Å². The lowest BCUT2D eigenvalue weighted by molar-refractivity contribution is -0.138. The number of nitrogens with zero attached hydrogens (tertiary/aromatic N) is 3. The largest absolute Gasteiger partial charge is 0.480 e. The van der Waals surface area contributed by atoms with Crippen molar-refractivity contribution in [1.82, 2.24) is 15.2 Å². The van der Waals surface area contributed by atoms with Gasteiger partial charge in [-0.25, -0.2) is 9.78 Å². The Bertz CT molecular complexity index is 443. The van der Waals surface area contributed by atoms with E-state index in [0.717, 1.165) is 24.2 Å². The second-order valence-corrected chi connectivity index (χ2v) is 4.25. The van der Waals surface area contributed by atoms with Crippen molar-refractivity contribution in [2.45, 2.75) is 45.1 Å². The smallest absolute Gasteiger partial charge is 0.329 e. The van der Waals surface area contributed by atoms with Crippen molar-refractivity contribution >= 4 is 11.9 Å². The summed E-state index contributed by atoms with van der Waals surface area (Å²) in [5.74, 6) is -0.530. The van der Waals surface area contributed by atoms with Crippen LogP contribution in [-0.4, -0.2) is 31.8 Å². The molecule has 17 heavy (non-hydrogen) atoms. The third kappa shape index (κ3) is 2.20. The Hall–Kier alpha value is -1.72. The SMILES string of the molecule is CCc1nnc(NC2(C(=O)O)CC2)nc1CC. The van der Waals surface area contributed by atoms with Crippen LogP contribution in [0, 0.1) is 0 Å². The van der Waals surface area contributed by atoms with Crippen molar-refractivity contribution in [3.63, 3.8) is 0 Å². The van der Waals surface area contributed by atoms with Crippen molar-refractivity contribution in [1.29, 1.82) is 0 Å². The highest BCUT2D eigenvalue weighted by Crippen LogP contribution is 2.38. The van der Waals surface area contributed by atoms with Gasteiger partial charge in [0.05, 0.1) is 11.4 Å². The second-order valence-electron chi connectivity index (χ2n) is 4.25. The number of carboxylic acid groups (broad SMARTS) is 1. The molecule has 1 aromatic heterocycles. The zero-order valence-electron chi connectivity index (χ0n) is 10.0. The molecule has 0 amide bonds. The molecule has 1 heterocycles. The molecule has 0 aliphatic heterocycles. The van der Waals surface area contributed by atoms with E-state index in [1.54, 1.807) is 0 Å². The predicted octanol–water partition coefficient (Wildman–Crippen LogP) is 1.03. The molecule has 2 rings (SSSR count). The third-order valence-electron chi connectivity index (χ3n) is 3.02. The lowest BCUT2D eigenvalue weighted by Crippen LogP contribution is -2.32. The summed E-state index contributed by atoms with van der Waals surface area (Å²) in [6, 6.07) is 0. The van der Waals surface area contributed by atoms with E-state index < -0.39 is 11.5 Å². The molecule has 0 saturated heterocycles. The maximum atomic E-state index is 11.0. The minimum absolute atomic E-state index is 0.318. The van der Waals surface area contributed by atoms with Crippen molar-refractivity contribution in [2.24, 2.45) is 0 Å². The highest BCUT2D eigenvalue weighted by molar-refractivity contribution is 5.85. The van der Waals surface area contributed by atoms with Crippen molar-refractivity contribution in [2.75, 3.05) is 5.32 Å². The first-order valence-corrected chi connectivity index (χ1v) is 5.85. The molecule has 0 radical (unpaired) electrons. The molecule has 0 atom stereocenters. The highest BCUT2D eigenvalue weighted by Gasteiger charge is 2.51. The minimum atomic E-state index is -0.861. The summed E-state index contributed by atoms with van der Waals surface area (Å²) in [4.78, 5) is 15.3. The van der Waals surface area contributed by atoms with E-state index in [1.165, 1.54) is 0 Å². The van der Waals surface area contributed by atoms with Crippen molar-refractivity contribution in [3.05, 3.63) is 11.4 Å². The number of anilines is 1. The van der Waals surface area contributed by atoms with Gasteiger partial charge in [-0.15, -0.1) is 5.10 Å². The van der Waals surface area contributed by atoms with E-state index >= 15 is 0 Å². The summed E-state index contributed by atoms with van der Waals surface area (Å²) in [5, 5.41) is 19.9. The summed E-state index contributed by atoms with van der Waals surface area (Å²) in [6.07, 6.45) is 2.78. The average Bonchev–Trinajstić information content (AvgIpc) is 3.10. The molecule has 6 heteroatoms. The zero-order chi connectivity index (χ0) is 12.5. The van der Waals surface area contributed by atoms with E-state index in [1.807, 2.05) is 13.8 Å². The lowest BCUT2D eigenvalue weighted by atomic mass is 10.2. The Morgan fingerprint density at radius 3 is 2.41 bits per heavy atom. The van der Waals surface area contributed by atoms with Crippen LogP contribution < -0.4 is 5.32 Å². The van der Waals surface area contributed by atoms with Gasteiger partial charge in [0, 0.05) is 0 Å². The summed E-state index contributed by atoms with van der Waals surface area (Å²) < 4.78 is 0. The van der Waals surface area contributed by atoms with E-state index in [-0.39, 0.29) is 0 Å². The Morgan fingerprint density at radius 2 is 1.94 bits per heavy atom. The number of hydrogen-bond acceptors (Lipinski definition) is 5. The van der Waals surface area contributed by atoms with Gasteiger partial charge in [0.1, 0.15) is 5.54 Å².